The minimum Gasteiger partial charge on any atom is -0.370 e. The van der Waals surface area contributed by atoms with Crippen LogP contribution in [-0.2, 0) is 6.54 Å². The van der Waals surface area contributed by atoms with Crippen molar-refractivity contribution in [2.75, 3.05) is 17.2 Å². The van der Waals surface area contributed by atoms with Crippen molar-refractivity contribution < 1.29 is 0 Å². The summed E-state index contributed by atoms with van der Waals surface area (Å²) in [5.74, 6) is 1.80. The molecule has 0 spiro atoms. The van der Waals surface area contributed by atoms with E-state index >= 15 is 0 Å². The van der Waals surface area contributed by atoms with Crippen LogP contribution in [0.4, 0.5) is 11.6 Å². The molecular formula is C15H18BrN3. The molecule has 2 rings (SSSR count). The van der Waals surface area contributed by atoms with Crippen LogP contribution in [0.2, 0.25) is 0 Å². The molecule has 0 radical (unpaired) electrons. The van der Waals surface area contributed by atoms with E-state index in [0.717, 1.165) is 35.6 Å². The number of pyridine rings is 1. The highest BCUT2D eigenvalue weighted by atomic mass is 79.9. The summed E-state index contributed by atoms with van der Waals surface area (Å²) in [6.45, 7) is 3.84. The Kier molecular flexibility index (Phi) is 5.21. The van der Waals surface area contributed by atoms with Crippen molar-refractivity contribution in [3.05, 3.63) is 52.5 Å². The Labute approximate surface area is 122 Å². The van der Waals surface area contributed by atoms with Crippen LogP contribution in [-0.4, -0.2) is 11.5 Å². The van der Waals surface area contributed by atoms with Gasteiger partial charge in [0.2, 0.25) is 0 Å². The van der Waals surface area contributed by atoms with Gasteiger partial charge in [-0.1, -0.05) is 47.1 Å². The van der Waals surface area contributed by atoms with E-state index in [-0.39, 0.29) is 0 Å². The minimum atomic E-state index is 0.756. The Morgan fingerprint density at radius 1 is 1.00 bits per heavy atom. The summed E-state index contributed by atoms with van der Waals surface area (Å²) in [4.78, 5) is 4.52. The van der Waals surface area contributed by atoms with Gasteiger partial charge in [-0.3, -0.25) is 0 Å². The standard InChI is InChI=1S/C15H18BrN3/c1-2-10-17-14-8-5-9-15(19-14)18-11-12-6-3-4-7-13(12)16/h3-9H,2,10-11H2,1H3,(H2,17,18,19). The summed E-state index contributed by atoms with van der Waals surface area (Å²) in [6.07, 6.45) is 1.09. The number of benzene rings is 1. The lowest BCUT2D eigenvalue weighted by molar-refractivity contribution is 0.968. The molecule has 3 nitrogen and oxygen atoms in total. The third kappa shape index (κ3) is 4.24. The summed E-state index contributed by atoms with van der Waals surface area (Å²) in [5.41, 5.74) is 1.22. The SMILES string of the molecule is CCCNc1cccc(NCc2ccccc2Br)n1. The van der Waals surface area contributed by atoms with Gasteiger partial charge in [-0.25, -0.2) is 4.98 Å². The predicted octanol–water partition coefficient (Wildman–Crippen LogP) is 4.28. The van der Waals surface area contributed by atoms with Crippen molar-refractivity contribution in [2.24, 2.45) is 0 Å². The monoisotopic (exact) mass is 319 g/mol. The first-order chi connectivity index (χ1) is 9.29. The quantitative estimate of drug-likeness (QED) is 0.834. The van der Waals surface area contributed by atoms with Gasteiger partial charge in [0.1, 0.15) is 11.6 Å². The molecule has 0 atom stereocenters. The first-order valence-corrected chi connectivity index (χ1v) is 7.27. The van der Waals surface area contributed by atoms with E-state index in [1.807, 2.05) is 36.4 Å². The Bertz CT molecular complexity index is 528. The highest BCUT2D eigenvalue weighted by molar-refractivity contribution is 9.10. The van der Waals surface area contributed by atoms with Crippen molar-refractivity contribution in [1.29, 1.82) is 0 Å². The summed E-state index contributed by atoms with van der Waals surface area (Å²) >= 11 is 3.55. The second kappa shape index (κ2) is 7.14. The Morgan fingerprint density at radius 2 is 1.74 bits per heavy atom. The lowest BCUT2D eigenvalue weighted by Gasteiger charge is -2.09. The van der Waals surface area contributed by atoms with Gasteiger partial charge in [0.05, 0.1) is 0 Å². The third-order valence-corrected chi connectivity index (χ3v) is 3.50. The second-order valence-corrected chi connectivity index (χ2v) is 5.13. The van der Waals surface area contributed by atoms with Crippen molar-refractivity contribution in [1.82, 2.24) is 4.98 Å². The molecule has 1 aromatic carbocycles. The Balaban J connectivity index is 1.98. The number of halogens is 1. The van der Waals surface area contributed by atoms with Gasteiger partial charge in [0, 0.05) is 17.6 Å². The van der Waals surface area contributed by atoms with Crippen molar-refractivity contribution in [2.45, 2.75) is 19.9 Å². The largest absolute Gasteiger partial charge is 0.370 e. The average Bonchev–Trinajstić information content (AvgIpc) is 2.45. The minimum absolute atomic E-state index is 0.756. The second-order valence-electron chi connectivity index (χ2n) is 4.28. The number of rotatable bonds is 6. The van der Waals surface area contributed by atoms with Crippen molar-refractivity contribution in [3.8, 4) is 0 Å². The topological polar surface area (TPSA) is 37.0 Å². The molecule has 2 aromatic rings. The van der Waals surface area contributed by atoms with Gasteiger partial charge >= 0.3 is 0 Å². The Morgan fingerprint density at radius 3 is 2.47 bits per heavy atom. The molecule has 2 N–H and O–H groups in total. The van der Waals surface area contributed by atoms with E-state index in [4.69, 9.17) is 0 Å². The predicted molar refractivity (Wildman–Crippen MR) is 84.5 cm³/mol. The molecule has 0 saturated carbocycles. The van der Waals surface area contributed by atoms with Gasteiger partial charge in [-0.15, -0.1) is 0 Å². The number of aromatic nitrogens is 1. The molecule has 1 aromatic heterocycles. The molecule has 0 aliphatic heterocycles. The number of hydrogen-bond donors (Lipinski definition) is 2. The first kappa shape index (κ1) is 13.9. The van der Waals surface area contributed by atoms with Crippen LogP contribution in [0.1, 0.15) is 18.9 Å². The van der Waals surface area contributed by atoms with E-state index in [0.29, 0.717) is 0 Å². The fourth-order valence-electron chi connectivity index (χ4n) is 1.71. The fraction of sp³-hybridized carbons (Fsp3) is 0.267. The molecule has 0 fully saturated rings. The molecule has 0 saturated heterocycles. The van der Waals surface area contributed by atoms with Gasteiger partial charge in [-0.2, -0.15) is 0 Å². The molecule has 0 bridgehead atoms. The summed E-state index contributed by atoms with van der Waals surface area (Å²) in [7, 11) is 0. The summed E-state index contributed by atoms with van der Waals surface area (Å²) < 4.78 is 1.11. The van der Waals surface area contributed by atoms with Crippen LogP contribution in [0.3, 0.4) is 0 Å². The van der Waals surface area contributed by atoms with Gasteiger partial charge in [0.25, 0.3) is 0 Å². The number of nitrogens with zero attached hydrogens (tertiary/aromatic N) is 1. The molecule has 0 amide bonds. The number of nitrogens with one attached hydrogen (secondary N) is 2. The normalized spacial score (nSPS) is 10.2. The van der Waals surface area contributed by atoms with E-state index < -0.39 is 0 Å². The average molecular weight is 320 g/mol. The molecule has 0 aliphatic rings. The summed E-state index contributed by atoms with van der Waals surface area (Å²) in [5, 5.41) is 6.62. The molecule has 1 heterocycles. The van der Waals surface area contributed by atoms with Gasteiger partial charge < -0.3 is 10.6 Å². The lowest BCUT2D eigenvalue weighted by atomic mass is 10.2. The number of hydrogen-bond acceptors (Lipinski definition) is 3. The maximum atomic E-state index is 4.52. The Hall–Kier alpha value is -1.55. The fourth-order valence-corrected chi connectivity index (χ4v) is 2.14. The first-order valence-electron chi connectivity index (χ1n) is 6.48. The maximum absolute atomic E-state index is 4.52. The van der Waals surface area contributed by atoms with Crippen LogP contribution in [0.25, 0.3) is 0 Å². The lowest BCUT2D eigenvalue weighted by Crippen LogP contribution is -2.05. The van der Waals surface area contributed by atoms with E-state index in [2.05, 4.69) is 44.5 Å². The zero-order chi connectivity index (χ0) is 13.5. The van der Waals surface area contributed by atoms with Crippen LogP contribution in [0.15, 0.2) is 46.9 Å². The molecular weight excluding hydrogens is 302 g/mol. The summed E-state index contributed by atoms with van der Waals surface area (Å²) in [6, 6.07) is 14.2. The highest BCUT2D eigenvalue weighted by Gasteiger charge is 2.00. The van der Waals surface area contributed by atoms with Gasteiger partial charge in [0.15, 0.2) is 0 Å². The zero-order valence-electron chi connectivity index (χ0n) is 11.0. The van der Waals surface area contributed by atoms with Crippen molar-refractivity contribution in [3.63, 3.8) is 0 Å². The smallest absolute Gasteiger partial charge is 0.128 e. The van der Waals surface area contributed by atoms with Crippen LogP contribution in [0.5, 0.6) is 0 Å². The highest BCUT2D eigenvalue weighted by Crippen LogP contribution is 2.17. The van der Waals surface area contributed by atoms with E-state index in [9.17, 15) is 0 Å². The third-order valence-electron chi connectivity index (χ3n) is 2.72. The zero-order valence-corrected chi connectivity index (χ0v) is 12.6. The van der Waals surface area contributed by atoms with Crippen LogP contribution >= 0.6 is 15.9 Å². The van der Waals surface area contributed by atoms with Crippen LogP contribution in [0, 0.1) is 0 Å². The molecule has 19 heavy (non-hydrogen) atoms. The van der Waals surface area contributed by atoms with Gasteiger partial charge in [-0.05, 0) is 30.2 Å². The van der Waals surface area contributed by atoms with Crippen molar-refractivity contribution >= 4 is 27.6 Å². The van der Waals surface area contributed by atoms with E-state index in [1.54, 1.807) is 0 Å². The molecule has 4 heteroatoms. The van der Waals surface area contributed by atoms with E-state index in [1.165, 1.54) is 5.56 Å². The molecule has 100 valence electrons. The number of anilines is 2. The molecule has 0 unspecified atom stereocenters. The maximum Gasteiger partial charge on any atom is 0.128 e. The van der Waals surface area contributed by atoms with Crippen LogP contribution < -0.4 is 10.6 Å². The molecule has 0 aliphatic carbocycles.